The zero-order valence-corrected chi connectivity index (χ0v) is 14.6. The lowest BCUT2D eigenvalue weighted by molar-refractivity contribution is 0.0618. The highest BCUT2D eigenvalue weighted by molar-refractivity contribution is 5.93. The summed E-state index contributed by atoms with van der Waals surface area (Å²) < 4.78 is 10.4. The number of carbonyl (C=O) groups is 1. The topological polar surface area (TPSA) is 75.6 Å². The van der Waals surface area contributed by atoms with Crippen molar-refractivity contribution in [1.82, 2.24) is 20.1 Å². The Kier molecular flexibility index (Phi) is 4.53. The van der Waals surface area contributed by atoms with Gasteiger partial charge in [-0.15, -0.1) is 0 Å². The molecule has 1 amide bonds. The fourth-order valence-electron chi connectivity index (χ4n) is 3.10. The molecule has 0 spiro atoms. The van der Waals surface area contributed by atoms with Crippen LogP contribution in [0.2, 0.25) is 0 Å². The van der Waals surface area contributed by atoms with E-state index in [9.17, 15) is 4.79 Å². The van der Waals surface area contributed by atoms with Gasteiger partial charge in [-0.3, -0.25) is 9.69 Å². The number of aromatic nitrogens is 2. The molecule has 0 aliphatic carbocycles. The maximum absolute atomic E-state index is 12.7. The van der Waals surface area contributed by atoms with Crippen molar-refractivity contribution in [3.05, 3.63) is 59.6 Å². The smallest absolute Gasteiger partial charge is 0.276 e. The third kappa shape index (κ3) is 3.39. The van der Waals surface area contributed by atoms with Gasteiger partial charge in [0.05, 0.1) is 6.20 Å². The van der Waals surface area contributed by atoms with Crippen LogP contribution in [0.3, 0.4) is 0 Å². The lowest BCUT2D eigenvalue weighted by Gasteiger charge is -2.34. The van der Waals surface area contributed by atoms with E-state index < -0.39 is 0 Å². The van der Waals surface area contributed by atoms with E-state index in [1.165, 1.54) is 0 Å². The lowest BCUT2D eigenvalue weighted by Crippen LogP contribution is -2.48. The number of carbonyl (C=O) groups excluding carboxylic acids is 1. The second-order valence-electron chi connectivity index (χ2n) is 6.42. The van der Waals surface area contributed by atoms with E-state index in [4.69, 9.17) is 9.05 Å². The summed E-state index contributed by atoms with van der Waals surface area (Å²) in [7, 11) is 0. The maximum atomic E-state index is 12.7. The number of nitrogens with zero attached hydrogens (tertiary/aromatic N) is 4. The van der Waals surface area contributed by atoms with Crippen molar-refractivity contribution in [2.75, 3.05) is 26.2 Å². The van der Waals surface area contributed by atoms with Crippen molar-refractivity contribution >= 4 is 5.91 Å². The fourth-order valence-corrected chi connectivity index (χ4v) is 3.10. The molecule has 7 nitrogen and oxygen atoms in total. The van der Waals surface area contributed by atoms with Crippen LogP contribution in [0.25, 0.3) is 11.3 Å². The Hall–Kier alpha value is -2.93. The number of benzene rings is 1. The summed E-state index contributed by atoms with van der Waals surface area (Å²) in [5.41, 5.74) is 2.36. The molecule has 4 rings (SSSR count). The molecule has 1 fully saturated rings. The Balaban J connectivity index is 1.37. The van der Waals surface area contributed by atoms with Crippen LogP contribution in [0.1, 0.15) is 21.8 Å². The first-order valence-electron chi connectivity index (χ1n) is 8.64. The molecule has 134 valence electrons. The Bertz CT molecular complexity index is 879. The number of hydrogen-bond acceptors (Lipinski definition) is 6. The monoisotopic (exact) mass is 352 g/mol. The van der Waals surface area contributed by atoms with Crippen molar-refractivity contribution < 1.29 is 13.8 Å². The second kappa shape index (κ2) is 7.13. The van der Waals surface area contributed by atoms with Crippen molar-refractivity contribution in [1.29, 1.82) is 0 Å². The number of piperazine rings is 1. The van der Waals surface area contributed by atoms with E-state index in [-0.39, 0.29) is 5.91 Å². The minimum absolute atomic E-state index is 0.0864. The third-order valence-electron chi connectivity index (χ3n) is 4.69. The molecule has 0 saturated carbocycles. The molecule has 3 aromatic rings. The van der Waals surface area contributed by atoms with Crippen LogP contribution in [-0.2, 0) is 6.54 Å². The molecule has 7 heteroatoms. The summed E-state index contributed by atoms with van der Waals surface area (Å²) in [6, 6.07) is 11.4. The van der Waals surface area contributed by atoms with Crippen LogP contribution in [0.4, 0.5) is 0 Å². The molecule has 1 aliphatic rings. The first kappa shape index (κ1) is 16.5. The van der Waals surface area contributed by atoms with Crippen LogP contribution >= 0.6 is 0 Å². The van der Waals surface area contributed by atoms with Crippen LogP contribution in [-0.4, -0.2) is 52.2 Å². The van der Waals surface area contributed by atoms with Gasteiger partial charge in [0.25, 0.3) is 5.91 Å². The van der Waals surface area contributed by atoms with E-state index in [0.717, 1.165) is 36.5 Å². The van der Waals surface area contributed by atoms with Crippen LogP contribution in [0.5, 0.6) is 0 Å². The molecule has 1 saturated heterocycles. The van der Waals surface area contributed by atoms with Crippen LogP contribution in [0, 0.1) is 6.92 Å². The van der Waals surface area contributed by atoms with Gasteiger partial charge in [0.2, 0.25) is 0 Å². The van der Waals surface area contributed by atoms with E-state index in [0.29, 0.717) is 24.5 Å². The van der Waals surface area contributed by atoms with E-state index in [1.54, 1.807) is 12.3 Å². The zero-order chi connectivity index (χ0) is 17.9. The van der Waals surface area contributed by atoms with E-state index >= 15 is 0 Å². The lowest BCUT2D eigenvalue weighted by atomic mass is 10.1. The highest BCUT2D eigenvalue weighted by Gasteiger charge is 2.25. The molecule has 26 heavy (non-hydrogen) atoms. The van der Waals surface area contributed by atoms with Gasteiger partial charge in [0.15, 0.2) is 11.5 Å². The molecule has 3 heterocycles. The second-order valence-corrected chi connectivity index (χ2v) is 6.42. The number of amides is 1. The molecular formula is C19H20N4O3. The molecule has 0 N–H and O–H groups in total. The zero-order valence-electron chi connectivity index (χ0n) is 14.6. The van der Waals surface area contributed by atoms with Crippen molar-refractivity contribution in [2.24, 2.45) is 0 Å². The maximum Gasteiger partial charge on any atom is 0.276 e. The Labute approximate surface area is 151 Å². The predicted octanol–water partition coefficient (Wildman–Crippen LogP) is 2.60. The molecule has 2 aromatic heterocycles. The number of rotatable bonds is 4. The summed E-state index contributed by atoms with van der Waals surface area (Å²) in [4.78, 5) is 16.8. The Morgan fingerprint density at radius 3 is 2.58 bits per heavy atom. The molecule has 1 aromatic carbocycles. The SMILES string of the molecule is Cc1oncc1CN1CCN(C(=O)c2cc(-c3ccccc3)on2)CC1. The van der Waals surface area contributed by atoms with Gasteiger partial charge in [-0.05, 0) is 6.92 Å². The molecule has 1 aliphatic heterocycles. The fraction of sp³-hybridized carbons (Fsp3) is 0.316. The highest BCUT2D eigenvalue weighted by Crippen LogP contribution is 2.21. The molecular weight excluding hydrogens is 332 g/mol. The van der Waals surface area contributed by atoms with Crippen molar-refractivity contribution in [2.45, 2.75) is 13.5 Å². The van der Waals surface area contributed by atoms with Gasteiger partial charge in [-0.2, -0.15) is 0 Å². The van der Waals surface area contributed by atoms with Gasteiger partial charge in [0, 0.05) is 49.9 Å². The normalized spacial score (nSPS) is 15.3. The van der Waals surface area contributed by atoms with Crippen LogP contribution < -0.4 is 0 Å². The van der Waals surface area contributed by atoms with Gasteiger partial charge < -0.3 is 13.9 Å². The van der Waals surface area contributed by atoms with Crippen molar-refractivity contribution in [3.8, 4) is 11.3 Å². The summed E-state index contributed by atoms with van der Waals surface area (Å²) in [6.07, 6.45) is 1.76. The minimum Gasteiger partial charge on any atom is -0.361 e. The predicted molar refractivity (Wildman–Crippen MR) is 94.4 cm³/mol. The minimum atomic E-state index is -0.0864. The van der Waals surface area contributed by atoms with Gasteiger partial charge in [0.1, 0.15) is 5.76 Å². The summed E-state index contributed by atoms with van der Waals surface area (Å²) in [5.74, 6) is 1.37. The third-order valence-corrected chi connectivity index (χ3v) is 4.69. The average Bonchev–Trinajstić information content (AvgIpc) is 3.32. The molecule has 0 unspecified atom stereocenters. The van der Waals surface area contributed by atoms with E-state index in [1.807, 2.05) is 42.2 Å². The standard InChI is InChI=1S/C19H20N4O3/c1-14-16(12-20-25-14)13-22-7-9-23(10-8-22)19(24)17-11-18(26-21-17)15-5-3-2-4-6-15/h2-6,11-12H,7-10,13H2,1H3. The van der Waals surface area contributed by atoms with Gasteiger partial charge in [-0.1, -0.05) is 40.6 Å². The Morgan fingerprint density at radius 2 is 1.88 bits per heavy atom. The summed E-state index contributed by atoms with van der Waals surface area (Å²) >= 11 is 0. The molecule has 0 bridgehead atoms. The molecule has 0 radical (unpaired) electrons. The molecule has 0 atom stereocenters. The first-order chi connectivity index (χ1) is 12.7. The van der Waals surface area contributed by atoms with Crippen molar-refractivity contribution in [3.63, 3.8) is 0 Å². The number of aryl methyl sites for hydroxylation is 1. The van der Waals surface area contributed by atoms with Gasteiger partial charge >= 0.3 is 0 Å². The first-order valence-corrected chi connectivity index (χ1v) is 8.64. The quantitative estimate of drug-likeness (QED) is 0.718. The summed E-state index contributed by atoms with van der Waals surface area (Å²) in [6.45, 7) is 5.64. The average molecular weight is 352 g/mol. The van der Waals surface area contributed by atoms with Crippen LogP contribution in [0.15, 0.2) is 51.6 Å². The highest BCUT2D eigenvalue weighted by atomic mass is 16.5. The van der Waals surface area contributed by atoms with Gasteiger partial charge in [-0.25, -0.2) is 0 Å². The number of hydrogen-bond donors (Lipinski definition) is 0. The summed E-state index contributed by atoms with van der Waals surface area (Å²) in [5, 5.41) is 7.77. The van der Waals surface area contributed by atoms with E-state index in [2.05, 4.69) is 15.2 Å². The largest absolute Gasteiger partial charge is 0.361 e. The Morgan fingerprint density at radius 1 is 1.12 bits per heavy atom.